The molecule has 0 radical (unpaired) electrons. The van der Waals surface area contributed by atoms with Crippen molar-refractivity contribution in [3.8, 4) is 11.4 Å². The summed E-state index contributed by atoms with van der Waals surface area (Å²) in [4.78, 5) is 31.9. The van der Waals surface area contributed by atoms with Crippen molar-refractivity contribution in [2.45, 2.75) is 19.8 Å². The van der Waals surface area contributed by atoms with Crippen molar-refractivity contribution in [1.82, 2.24) is 15.1 Å². The zero-order valence-electron chi connectivity index (χ0n) is 14.7. The molecule has 1 aromatic carbocycles. The monoisotopic (exact) mass is 366 g/mol. The Balaban J connectivity index is 1.51. The fourth-order valence-electron chi connectivity index (χ4n) is 2.32. The fraction of sp³-hybridized carbons (Fsp3) is 0.211. The SMILES string of the molecule is CCOC(=O)c1ccc(NC(=O)CCc2nc(-c3ccncc3)no2)cc1. The summed E-state index contributed by atoms with van der Waals surface area (Å²) in [7, 11) is 0. The van der Waals surface area contributed by atoms with Crippen molar-refractivity contribution in [3.63, 3.8) is 0 Å². The van der Waals surface area contributed by atoms with E-state index in [0.717, 1.165) is 5.56 Å². The maximum absolute atomic E-state index is 12.1. The Hall–Kier alpha value is -3.55. The highest BCUT2D eigenvalue weighted by Crippen LogP contribution is 2.15. The van der Waals surface area contributed by atoms with E-state index in [0.29, 0.717) is 36.0 Å². The van der Waals surface area contributed by atoms with Gasteiger partial charge in [-0.15, -0.1) is 0 Å². The van der Waals surface area contributed by atoms with E-state index < -0.39 is 5.97 Å². The molecule has 0 unspecified atom stereocenters. The van der Waals surface area contributed by atoms with Crippen molar-refractivity contribution in [3.05, 3.63) is 60.2 Å². The van der Waals surface area contributed by atoms with Crippen LogP contribution in [-0.2, 0) is 16.0 Å². The number of benzene rings is 1. The second-order valence-corrected chi connectivity index (χ2v) is 5.59. The standard InChI is InChI=1S/C19H18N4O4/c1-2-26-19(25)14-3-5-15(6-4-14)21-16(24)7-8-17-22-18(23-27-17)13-9-11-20-12-10-13/h3-6,9-12H,2,7-8H2,1H3,(H,21,24). The lowest BCUT2D eigenvalue weighted by molar-refractivity contribution is -0.116. The van der Waals surface area contributed by atoms with Gasteiger partial charge in [0, 0.05) is 36.5 Å². The van der Waals surface area contributed by atoms with Crippen LogP contribution < -0.4 is 5.32 Å². The summed E-state index contributed by atoms with van der Waals surface area (Å²) in [6.07, 6.45) is 3.81. The van der Waals surface area contributed by atoms with E-state index in [1.807, 2.05) is 0 Å². The predicted octanol–water partition coefficient (Wildman–Crippen LogP) is 2.88. The molecule has 3 rings (SSSR count). The van der Waals surface area contributed by atoms with Crippen molar-refractivity contribution >= 4 is 17.6 Å². The molecule has 0 fully saturated rings. The van der Waals surface area contributed by atoms with Gasteiger partial charge < -0.3 is 14.6 Å². The molecular formula is C19H18N4O4. The van der Waals surface area contributed by atoms with Gasteiger partial charge in [-0.2, -0.15) is 4.98 Å². The Labute approximate surface area is 155 Å². The first-order valence-electron chi connectivity index (χ1n) is 8.45. The molecular weight excluding hydrogens is 348 g/mol. The van der Waals surface area contributed by atoms with Crippen LogP contribution in [0.1, 0.15) is 29.6 Å². The molecule has 0 saturated carbocycles. The smallest absolute Gasteiger partial charge is 0.338 e. The summed E-state index contributed by atoms with van der Waals surface area (Å²) >= 11 is 0. The molecule has 0 aliphatic carbocycles. The Kier molecular flexibility index (Phi) is 5.88. The van der Waals surface area contributed by atoms with Gasteiger partial charge in [0.25, 0.3) is 0 Å². The molecule has 1 amide bonds. The van der Waals surface area contributed by atoms with E-state index in [1.54, 1.807) is 55.7 Å². The average Bonchev–Trinajstić information content (AvgIpc) is 3.17. The van der Waals surface area contributed by atoms with Crippen LogP contribution in [0.3, 0.4) is 0 Å². The number of anilines is 1. The number of aryl methyl sites for hydroxylation is 1. The van der Waals surface area contributed by atoms with Crippen LogP contribution >= 0.6 is 0 Å². The van der Waals surface area contributed by atoms with Crippen molar-refractivity contribution in [1.29, 1.82) is 0 Å². The molecule has 0 aliphatic heterocycles. The van der Waals surface area contributed by atoms with Crippen LogP contribution in [0, 0.1) is 0 Å². The highest BCUT2D eigenvalue weighted by atomic mass is 16.5. The molecule has 0 saturated heterocycles. The molecule has 8 nitrogen and oxygen atoms in total. The first-order chi connectivity index (χ1) is 13.2. The first-order valence-corrected chi connectivity index (χ1v) is 8.45. The van der Waals surface area contributed by atoms with Gasteiger partial charge in [0.15, 0.2) is 0 Å². The zero-order chi connectivity index (χ0) is 19.1. The maximum atomic E-state index is 12.1. The van der Waals surface area contributed by atoms with E-state index in [1.165, 1.54) is 0 Å². The van der Waals surface area contributed by atoms with Gasteiger partial charge in [-0.25, -0.2) is 4.79 Å². The number of pyridine rings is 1. The molecule has 3 aromatic rings. The highest BCUT2D eigenvalue weighted by Gasteiger charge is 2.11. The minimum Gasteiger partial charge on any atom is -0.462 e. The molecule has 1 N–H and O–H groups in total. The number of esters is 1. The molecule has 0 atom stereocenters. The second-order valence-electron chi connectivity index (χ2n) is 5.59. The molecule has 0 bridgehead atoms. The summed E-state index contributed by atoms with van der Waals surface area (Å²) in [5.41, 5.74) is 1.83. The molecule has 138 valence electrons. The number of carbonyl (C=O) groups is 2. The van der Waals surface area contributed by atoms with Gasteiger partial charge in [-0.05, 0) is 43.3 Å². The highest BCUT2D eigenvalue weighted by molar-refractivity contribution is 5.93. The van der Waals surface area contributed by atoms with Gasteiger partial charge in [0.1, 0.15) is 0 Å². The summed E-state index contributed by atoms with van der Waals surface area (Å²) in [5, 5.41) is 6.66. The fourth-order valence-corrected chi connectivity index (χ4v) is 2.32. The third-order valence-corrected chi connectivity index (χ3v) is 3.65. The minimum absolute atomic E-state index is 0.192. The lowest BCUT2D eigenvalue weighted by Crippen LogP contribution is -2.12. The van der Waals surface area contributed by atoms with Crippen LogP contribution in [0.2, 0.25) is 0 Å². The largest absolute Gasteiger partial charge is 0.462 e. The van der Waals surface area contributed by atoms with Gasteiger partial charge in [-0.3, -0.25) is 9.78 Å². The molecule has 2 heterocycles. The van der Waals surface area contributed by atoms with Crippen molar-refractivity contribution in [2.24, 2.45) is 0 Å². The van der Waals surface area contributed by atoms with Crippen LogP contribution in [0.25, 0.3) is 11.4 Å². The number of carbonyl (C=O) groups excluding carboxylic acids is 2. The normalized spacial score (nSPS) is 10.4. The average molecular weight is 366 g/mol. The van der Waals surface area contributed by atoms with Crippen LogP contribution in [0.4, 0.5) is 5.69 Å². The zero-order valence-corrected chi connectivity index (χ0v) is 14.7. The summed E-state index contributed by atoms with van der Waals surface area (Å²) in [5.74, 6) is 0.260. The summed E-state index contributed by atoms with van der Waals surface area (Å²) < 4.78 is 10.1. The van der Waals surface area contributed by atoms with Crippen molar-refractivity contribution < 1.29 is 18.8 Å². The van der Waals surface area contributed by atoms with Crippen LogP contribution in [-0.4, -0.2) is 33.6 Å². The quantitative estimate of drug-likeness (QED) is 0.641. The lowest BCUT2D eigenvalue weighted by Gasteiger charge is -2.06. The first kappa shape index (κ1) is 18.2. The number of rotatable bonds is 7. The van der Waals surface area contributed by atoms with Crippen molar-refractivity contribution in [2.75, 3.05) is 11.9 Å². The van der Waals surface area contributed by atoms with Crippen LogP contribution in [0.15, 0.2) is 53.3 Å². The number of hydrogen-bond donors (Lipinski definition) is 1. The Bertz CT molecular complexity index is 907. The van der Waals surface area contributed by atoms with Gasteiger partial charge >= 0.3 is 5.97 Å². The molecule has 0 aliphatic rings. The number of nitrogens with one attached hydrogen (secondary N) is 1. The molecule has 27 heavy (non-hydrogen) atoms. The van der Waals surface area contributed by atoms with E-state index in [-0.39, 0.29) is 12.3 Å². The maximum Gasteiger partial charge on any atom is 0.338 e. The predicted molar refractivity (Wildman–Crippen MR) is 96.9 cm³/mol. The number of nitrogens with zero attached hydrogens (tertiary/aromatic N) is 3. The second kappa shape index (κ2) is 8.70. The van der Waals surface area contributed by atoms with Crippen LogP contribution in [0.5, 0.6) is 0 Å². The Morgan fingerprint density at radius 1 is 1.11 bits per heavy atom. The van der Waals surface area contributed by atoms with E-state index in [2.05, 4.69) is 20.4 Å². The number of ether oxygens (including phenoxy) is 1. The number of hydrogen-bond acceptors (Lipinski definition) is 7. The summed E-state index contributed by atoms with van der Waals surface area (Å²) in [6, 6.07) is 10.1. The van der Waals surface area contributed by atoms with Gasteiger partial charge in [0.2, 0.25) is 17.6 Å². The van der Waals surface area contributed by atoms with Gasteiger partial charge in [0.05, 0.1) is 12.2 Å². The third kappa shape index (κ3) is 4.97. The molecule has 0 spiro atoms. The Morgan fingerprint density at radius 3 is 2.56 bits per heavy atom. The minimum atomic E-state index is -0.392. The van der Waals surface area contributed by atoms with Gasteiger partial charge in [-0.1, -0.05) is 5.16 Å². The van der Waals surface area contributed by atoms with E-state index in [4.69, 9.17) is 9.26 Å². The van der Waals surface area contributed by atoms with E-state index in [9.17, 15) is 9.59 Å². The lowest BCUT2D eigenvalue weighted by atomic mass is 10.2. The van der Waals surface area contributed by atoms with E-state index >= 15 is 0 Å². The number of aromatic nitrogens is 3. The molecule has 2 aromatic heterocycles. The molecule has 8 heteroatoms. The third-order valence-electron chi connectivity index (χ3n) is 3.65. The number of amides is 1. The Morgan fingerprint density at radius 2 is 1.85 bits per heavy atom. The summed E-state index contributed by atoms with van der Waals surface area (Å²) in [6.45, 7) is 2.06. The topological polar surface area (TPSA) is 107 Å².